The standard InChI is InChI=1S/C15H21N3O5/c1-14(2,8-17(20)21)11-5-10(13(16)19)6-12(7-11)15(3,4)9-18(22)23/h5-7H,8-9H2,1-4H3,(H2,16,19). The van der Waals surface area contributed by atoms with Gasteiger partial charge in [-0.05, 0) is 51.0 Å². The quantitative estimate of drug-likeness (QED) is 0.605. The molecular formula is C15H21N3O5. The second-order valence-corrected chi connectivity index (χ2v) is 6.91. The predicted octanol–water partition coefficient (Wildman–Crippen LogP) is 1.89. The number of nitrogens with two attached hydrogens (primary N) is 1. The molecule has 0 unspecified atom stereocenters. The van der Waals surface area contributed by atoms with Crippen LogP contribution < -0.4 is 5.73 Å². The van der Waals surface area contributed by atoms with Crippen molar-refractivity contribution in [2.24, 2.45) is 5.73 Å². The van der Waals surface area contributed by atoms with Crippen molar-refractivity contribution in [1.82, 2.24) is 0 Å². The van der Waals surface area contributed by atoms with Gasteiger partial charge in [0.15, 0.2) is 0 Å². The van der Waals surface area contributed by atoms with Gasteiger partial charge in [-0.15, -0.1) is 0 Å². The van der Waals surface area contributed by atoms with Gasteiger partial charge < -0.3 is 5.73 Å². The number of nitrogens with zero attached hydrogens (tertiary/aromatic N) is 2. The molecule has 0 aliphatic heterocycles. The second kappa shape index (κ2) is 6.31. The van der Waals surface area contributed by atoms with Crippen molar-refractivity contribution in [1.29, 1.82) is 0 Å². The van der Waals surface area contributed by atoms with Crippen LogP contribution in [0.5, 0.6) is 0 Å². The lowest BCUT2D eigenvalue weighted by molar-refractivity contribution is -0.489. The summed E-state index contributed by atoms with van der Waals surface area (Å²) in [6, 6.07) is 4.70. The summed E-state index contributed by atoms with van der Waals surface area (Å²) in [4.78, 5) is 32.4. The zero-order valence-electron chi connectivity index (χ0n) is 13.7. The normalized spacial score (nSPS) is 12.0. The van der Waals surface area contributed by atoms with E-state index in [9.17, 15) is 25.0 Å². The fourth-order valence-electron chi connectivity index (χ4n) is 2.38. The number of hydrogen-bond donors (Lipinski definition) is 1. The van der Waals surface area contributed by atoms with E-state index in [4.69, 9.17) is 5.73 Å². The Hall–Kier alpha value is -2.51. The Balaban J connectivity index is 3.47. The summed E-state index contributed by atoms with van der Waals surface area (Å²) in [5.74, 6) is -0.679. The van der Waals surface area contributed by atoms with E-state index in [1.165, 1.54) is 12.1 Å². The van der Waals surface area contributed by atoms with Crippen LogP contribution in [0.3, 0.4) is 0 Å². The highest BCUT2D eigenvalue weighted by Gasteiger charge is 2.32. The number of benzene rings is 1. The number of primary amides is 1. The van der Waals surface area contributed by atoms with Crippen LogP contribution in [0.2, 0.25) is 0 Å². The summed E-state index contributed by atoms with van der Waals surface area (Å²) in [5, 5.41) is 21.7. The molecule has 8 nitrogen and oxygen atoms in total. The average molecular weight is 323 g/mol. The fourth-order valence-corrected chi connectivity index (χ4v) is 2.38. The zero-order chi connectivity index (χ0) is 18.0. The molecular weight excluding hydrogens is 302 g/mol. The molecule has 0 radical (unpaired) electrons. The molecule has 8 heteroatoms. The molecule has 2 N–H and O–H groups in total. The van der Waals surface area contributed by atoms with Crippen molar-refractivity contribution in [2.75, 3.05) is 13.1 Å². The van der Waals surface area contributed by atoms with E-state index in [0.717, 1.165) is 0 Å². The van der Waals surface area contributed by atoms with Crippen LogP contribution in [0.1, 0.15) is 49.2 Å². The highest BCUT2D eigenvalue weighted by Crippen LogP contribution is 2.31. The zero-order valence-corrected chi connectivity index (χ0v) is 13.7. The molecule has 0 atom stereocenters. The lowest BCUT2D eigenvalue weighted by Crippen LogP contribution is -2.31. The molecule has 1 rings (SSSR count). The van der Waals surface area contributed by atoms with E-state index in [1.54, 1.807) is 33.8 Å². The van der Waals surface area contributed by atoms with Gasteiger partial charge in [0.1, 0.15) is 0 Å². The average Bonchev–Trinajstić information content (AvgIpc) is 2.35. The van der Waals surface area contributed by atoms with Crippen molar-refractivity contribution in [3.05, 3.63) is 55.1 Å². The number of nitro groups is 2. The number of hydrogen-bond acceptors (Lipinski definition) is 5. The van der Waals surface area contributed by atoms with Gasteiger partial charge in [-0.25, -0.2) is 0 Å². The Bertz CT molecular complexity index is 606. The predicted molar refractivity (Wildman–Crippen MR) is 84.7 cm³/mol. The van der Waals surface area contributed by atoms with Crippen molar-refractivity contribution < 1.29 is 14.6 Å². The number of amides is 1. The third-order valence-corrected chi connectivity index (χ3v) is 3.83. The first kappa shape index (κ1) is 18.5. The van der Waals surface area contributed by atoms with E-state index >= 15 is 0 Å². The van der Waals surface area contributed by atoms with Crippen molar-refractivity contribution in [3.8, 4) is 0 Å². The Morgan fingerprint density at radius 3 is 1.57 bits per heavy atom. The minimum absolute atomic E-state index is 0.186. The summed E-state index contributed by atoms with van der Waals surface area (Å²) < 4.78 is 0. The number of rotatable bonds is 7. The summed E-state index contributed by atoms with van der Waals surface area (Å²) in [6.45, 7) is 6.06. The van der Waals surface area contributed by atoms with Gasteiger partial charge >= 0.3 is 0 Å². The lowest BCUT2D eigenvalue weighted by atomic mass is 9.77. The van der Waals surface area contributed by atoms with Gasteiger partial charge in [-0.3, -0.25) is 25.0 Å². The Labute approximate surface area is 134 Å². The van der Waals surface area contributed by atoms with E-state index in [0.29, 0.717) is 11.1 Å². The van der Waals surface area contributed by atoms with E-state index < -0.39 is 26.6 Å². The van der Waals surface area contributed by atoms with Gasteiger partial charge in [0.25, 0.3) is 0 Å². The molecule has 0 bridgehead atoms. The molecule has 0 saturated heterocycles. The first-order valence-corrected chi connectivity index (χ1v) is 7.04. The van der Waals surface area contributed by atoms with Crippen LogP contribution in [0.25, 0.3) is 0 Å². The molecule has 0 aliphatic rings. The van der Waals surface area contributed by atoms with E-state index in [2.05, 4.69) is 0 Å². The topological polar surface area (TPSA) is 129 Å². The minimum Gasteiger partial charge on any atom is -0.366 e. The molecule has 0 saturated carbocycles. The smallest absolute Gasteiger partial charge is 0.248 e. The third kappa shape index (κ3) is 4.73. The maximum atomic E-state index is 11.6. The van der Waals surface area contributed by atoms with Crippen molar-refractivity contribution >= 4 is 5.91 Å². The molecule has 0 spiro atoms. The third-order valence-electron chi connectivity index (χ3n) is 3.83. The molecule has 0 fully saturated rings. The molecule has 0 heterocycles. The molecule has 1 amide bonds. The number of carbonyl (C=O) groups excluding carboxylic acids is 1. The van der Waals surface area contributed by atoms with Crippen LogP contribution in [0.15, 0.2) is 18.2 Å². The molecule has 1 aromatic rings. The van der Waals surface area contributed by atoms with Gasteiger partial charge in [0.05, 0.1) is 10.8 Å². The fraction of sp³-hybridized carbons (Fsp3) is 0.533. The molecule has 0 aromatic heterocycles. The van der Waals surface area contributed by atoms with Gasteiger partial charge in [0, 0.05) is 15.4 Å². The largest absolute Gasteiger partial charge is 0.366 e. The Morgan fingerprint density at radius 2 is 1.30 bits per heavy atom. The maximum absolute atomic E-state index is 11.6. The number of carbonyl (C=O) groups is 1. The van der Waals surface area contributed by atoms with E-state index in [1.807, 2.05) is 0 Å². The molecule has 23 heavy (non-hydrogen) atoms. The highest BCUT2D eigenvalue weighted by molar-refractivity contribution is 5.93. The maximum Gasteiger partial charge on any atom is 0.248 e. The van der Waals surface area contributed by atoms with Crippen LogP contribution in [0, 0.1) is 20.2 Å². The molecule has 1 aromatic carbocycles. The van der Waals surface area contributed by atoms with Gasteiger partial charge in [-0.1, -0.05) is 6.07 Å². The van der Waals surface area contributed by atoms with Gasteiger partial charge in [-0.2, -0.15) is 0 Å². The van der Waals surface area contributed by atoms with Crippen LogP contribution in [-0.2, 0) is 10.8 Å². The van der Waals surface area contributed by atoms with Crippen molar-refractivity contribution in [3.63, 3.8) is 0 Å². The lowest BCUT2D eigenvalue weighted by Gasteiger charge is -2.26. The first-order chi connectivity index (χ1) is 10.3. The summed E-state index contributed by atoms with van der Waals surface area (Å²) in [6.07, 6.45) is 0. The van der Waals surface area contributed by atoms with Crippen molar-refractivity contribution in [2.45, 2.75) is 38.5 Å². The summed E-state index contributed by atoms with van der Waals surface area (Å²) >= 11 is 0. The van der Waals surface area contributed by atoms with E-state index in [-0.39, 0.29) is 18.7 Å². The molecule has 0 aliphatic carbocycles. The highest BCUT2D eigenvalue weighted by atomic mass is 16.6. The Morgan fingerprint density at radius 1 is 0.957 bits per heavy atom. The van der Waals surface area contributed by atoms with Crippen LogP contribution in [0.4, 0.5) is 0 Å². The van der Waals surface area contributed by atoms with Gasteiger partial charge in [0.2, 0.25) is 19.0 Å². The monoisotopic (exact) mass is 323 g/mol. The second-order valence-electron chi connectivity index (χ2n) is 6.91. The molecule has 126 valence electrons. The van der Waals surface area contributed by atoms with Crippen LogP contribution in [-0.4, -0.2) is 28.8 Å². The summed E-state index contributed by atoms with van der Waals surface area (Å²) in [7, 11) is 0. The first-order valence-electron chi connectivity index (χ1n) is 7.04. The minimum atomic E-state index is -0.839. The SMILES string of the molecule is CC(C)(C[N+](=O)[O-])c1cc(C(N)=O)cc(C(C)(C)C[N+](=O)[O-])c1. The Kier molecular flexibility index (Phi) is 5.09. The van der Waals surface area contributed by atoms with Crippen LogP contribution >= 0.6 is 0 Å². The summed E-state index contributed by atoms with van der Waals surface area (Å²) in [5.41, 5.74) is 4.95.